The van der Waals surface area contributed by atoms with Crippen molar-refractivity contribution in [1.82, 2.24) is 0 Å². The predicted octanol–water partition coefficient (Wildman–Crippen LogP) is 5.80. The summed E-state index contributed by atoms with van der Waals surface area (Å²) in [5.74, 6) is 1.86. The highest BCUT2D eigenvalue weighted by Crippen LogP contribution is 2.37. The molecule has 2 aromatic carbocycles. The minimum Gasteiger partial charge on any atom is -0.491 e. The maximum atomic E-state index is 6.13. The van der Waals surface area contributed by atoms with Gasteiger partial charge in [0.1, 0.15) is 30.8 Å². The van der Waals surface area contributed by atoms with E-state index in [-0.39, 0.29) is 17.6 Å². The lowest BCUT2D eigenvalue weighted by Crippen LogP contribution is -2.32. The molecule has 176 valence electrons. The van der Waals surface area contributed by atoms with E-state index in [9.17, 15) is 0 Å². The van der Waals surface area contributed by atoms with E-state index in [1.165, 1.54) is 16.7 Å². The third-order valence-corrected chi connectivity index (χ3v) is 6.59. The van der Waals surface area contributed by atoms with E-state index < -0.39 is 0 Å². The Morgan fingerprint density at radius 1 is 0.909 bits per heavy atom. The van der Waals surface area contributed by atoms with Crippen LogP contribution >= 0.6 is 0 Å². The van der Waals surface area contributed by atoms with E-state index in [4.69, 9.17) is 18.9 Å². The molecule has 2 heterocycles. The van der Waals surface area contributed by atoms with Gasteiger partial charge in [0, 0.05) is 18.4 Å². The van der Waals surface area contributed by atoms with Crippen LogP contribution in [-0.2, 0) is 27.7 Å². The first kappa shape index (κ1) is 23.6. The molecule has 0 N–H and O–H groups in total. The average Bonchev–Trinajstić information content (AvgIpc) is 3.61. The molecule has 4 rings (SSSR count). The van der Waals surface area contributed by atoms with Gasteiger partial charge in [0.25, 0.3) is 0 Å². The SMILES string of the molecule is C=CCCc1cc(C(C)(C)c2ccc(OCC3CO3)c(CC=C)c2)ccc1OCC1CCO1. The lowest BCUT2D eigenvalue weighted by atomic mass is 9.76. The smallest absolute Gasteiger partial charge is 0.122 e. The van der Waals surface area contributed by atoms with Gasteiger partial charge in [-0.05, 0) is 53.6 Å². The van der Waals surface area contributed by atoms with Gasteiger partial charge in [-0.2, -0.15) is 0 Å². The van der Waals surface area contributed by atoms with E-state index in [0.29, 0.717) is 13.2 Å². The molecule has 2 saturated heterocycles. The Bertz CT molecular complexity index is 970. The maximum absolute atomic E-state index is 6.13. The third kappa shape index (κ3) is 5.87. The Kier molecular flexibility index (Phi) is 7.56. The molecule has 0 aromatic heterocycles. The summed E-state index contributed by atoms with van der Waals surface area (Å²) in [6, 6.07) is 13.1. The molecule has 0 bridgehead atoms. The maximum Gasteiger partial charge on any atom is 0.122 e. The average molecular weight is 449 g/mol. The van der Waals surface area contributed by atoms with Crippen LogP contribution in [-0.4, -0.2) is 38.6 Å². The summed E-state index contributed by atoms with van der Waals surface area (Å²) in [6.45, 7) is 15.2. The number of epoxide rings is 1. The number of benzene rings is 2. The number of aryl methyl sites for hydroxylation is 1. The second-order valence-corrected chi connectivity index (χ2v) is 9.45. The number of hydrogen-bond acceptors (Lipinski definition) is 4. The first-order valence-corrected chi connectivity index (χ1v) is 12.0. The molecule has 0 spiro atoms. The lowest BCUT2D eigenvalue weighted by molar-refractivity contribution is -0.0722. The summed E-state index contributed by atoms with van der Waals surface area (Å²) in [6.07, 6.45) is 8.03. The van der Waals surface area contributed by atoms with Crippen LogP contribution in [0.1, 0.15) is 48.9 Å². The van der Waals surface area contributed by atoms with Crippen molar-refractivity contribution in [2.45, 2.75) is 57.2 Å². The molecule has 2 fully saturated rings. The van der Waals surface area contributed by atoms with Crippen molar-refractivity contribution < 1.29 is 18.9 Å². The molecule has 4 nitrogen and oxygen atoms in total. The van der Waals surface area contributed by atoms with Crippen LogP contribution in [0.4, 0.5) is 0 Å². The fourth-order valence-corrected chi connectivity index (χ4v) is 4.10. The van der Waals surface area contributed by atoms with Crippen molar-refractivity contribution >= 4 is 0 Å². The first-order valence-electron chi connectivity index (χ1n) is 12.0. The highest BCUT2D eigenvalue weighted by atomic mass is 16.6. The minimum absolute atomic E-state index is 0.174. The van der Waals surface area contributed by atoms with E-state index >= 15 is 0 Å². The van der Waals surface area contributed by atoms with Gasteiger partial charge in [-0.25, -0.2) is 0 Å². The molecule has 0 aliphatic carbocycles. The fourth-order valence-electron chi connectivity index (χ4n) is 4.10. The van der Waals surface area contributed by atoms with Gasteiger partial charge in [0.05, 0.1) is 12.7 Å². The van der Waals surface area contributed by atoms with Crippen molar-refractivity contribution in [3.8, 4) is 11.5 Å². The Morgan fingerprint density at radius 3 is 2.06 bits per heavy atom. The summed E-state index contributed by atoms with van der Waals surface area (Å²) in [4.78, 5) is 0. The molecule has 2 atom stereocenters. The molecule has 0 radical (unpaired) electrons. The van der Waals surface area contributed by atoms with E-state index in [2.05, 4.69) is 63.4 Å². The van der Waals surface area contributed by atoms with Crippen molar-refractivity contribution in [2.24, 2.45) is 0 Å². The van der Waals surface area contributed by atoms with Gasteiger partial charge in [-0.3, -0.25) is 0 Å². The molecule has 2 aliphatic heterocycles. The lowest BCUT2D eigenvalue weighted by Gasteiger charge is -2.29. The minimum atomic E-state index is -0.174. The zero-order valence-electron chi connectivity index (χ0n) is 20.0. The summed E-state index contributed by atoms with van der Waals surface area (Å²) < 4.78 is 23.0. The van der Waals surface area contributed by atoms with E-state index in [0.717, 1.165) is 56.0 Å². The van der Waals surface area contributed by atoms with Crippen LogP contribution in [0.15, 0.2) is 61.7 Å². The normalized spacial score (nSPS) is 19.5. The quantitative estimate of drug-likeness (QED) is 0.287. The van der Waals surface area contributed by atoms with Gasteiger partial charge < -0.3 is 18.9 Å². The fraction of sp³-hybridized carbons (Fsp3) is 0.448. The molecule has 4 heteroatoms. The number of rotatable bonds is 13. The van der Waals surface area contributed by atoms with Gasteiger partial charge in [-0.15, -0.1) is 13.2 Å². The second kappa shape index (κ2) is 10.6. The zero-order chi connectivity index (χ0) is 23.3. The topological polar surface area (TPSA) is 40.2 Å². The highest BCUT2D eigenvalue weighted by molar-refractivity contribution is 5.48. The summed E-state index contributed by atoms with van der Waals surface area (Å²) in [5.41, 5.74) is 4.71. The Hall–Kier alpha value is -2.56. The Morgan fingerprint density at radius 2 is 1.52 bits per heavy atom. The van der Waals surface area contributed by atoms with Gasteiger partial charge in [0.15, 0.2) is 0 Å². The first-order chi connectivity index (χ1) is 16.0. The highest BCUT2D eigenvalue weighted by Gasteiger charge is 2.27. The van der Waals surface area contributed by atoms with E-state index in [1.807, 2.05) is 12.2 Å². The zero-order valence-corrected chi connectivity index (χ0v) is 20.0. The van der Waals surface area contributed by atoms with Gasteiger partial charge >= 0.3 is 0 Å². The van der Waals surface area contributed by atoms with Crippen LogP contribution in [0, 0.1) is 0 Å². The van der Waals surface area contributed by atoms with Crippen LogP contribution in [0.5, 0.6) is 11.5 Å². The van der Waals surface area contributed by atoms with Crippen molar-refractivity contribution in [2.75, 3.05) is 26.4 Å². The molecule has 33 heavy (non-hydrogen) atoms. The van der Waals surface area contributed by atoms with Crippen molar-refractivity contribution in [1.29, 1.82) is 0 Å². The number of allylic oxidation sites excluding steroid dienone is 2. The van der Waals surface area contributed by atoms with Crippen LogP contribution < -0.4 is 9.47 Å². The van der Waals surface area contributed by atoms with Crippen molar-refractivity contribution in [3.63, 3.8) is 0 Å². The summed E-state index contributed by atoms with van der Waals surface area (Å²) >= 11 is 0. The van der Waals surface area contributed by atoms with Gasteiger partial charge in [-0.1, -0.05) is 50.3 Å². The van der Waals surface area contributed by atoms with E-state index in [1.54, 1.807) is 0 Å². The number of ether oxygens (including phenoxy) is 4. The largest absolute Gasteiger partial charge is 0.491 e. The molecule has 0 amide bonds. The Labute approximate surface area is 198 Å². The number of hydrogen-bond donors (Lipinski definition) is 0. The Balaban J connectivity index is 1.57. The summed E-state index contributed by atoms with van der Waals surface area (Å²) in [7, 11) is 0. The monoisotopic (exact) mass is 448 g/mol. The molecule has 0 saturated carbocycles. The van der Waals surface area contributed by atoms with Crippen LogP contribution in [0.2, 0.25) is 0 Å². The second-order valence-electron chi connectivity index (χ2n) is 9.45. The molecular weight excluding hydrogens is 412 g/mol. The van der Waals surface area contributed by atoms with Crippen LogP contribution in [0.3, 0.4) is 0 Å². The molecule has 2 aliphatic rings. The van der Waals surface area contributed by atoms with Crippen molar-refractivity contribution in [3.05, 3.63) is 84.0 Å². The third-order valence-electron chi connectivity index (χ3n) is 6.59. The standard InChI is InChI=1S/C29H36O4/c1-5-7-9-22-17-24(11-13-28(22)32-18-25-14-15-30-25)29(3,4)23-10-12-27(21(16-23)8-6-2)33-20-26-19-31-26/h5-6,10-13,16-17,25-26H,1-2,7-9,14-15,18-20H2,3-4H3. The predicted molar refractivity (Wildman–Crippen MR) is 133 cm³/mol. The summed E-state index contributed by atoms with van der Waals surface area (Å²) in [5, 5.41) is 0. The van der Waals surface area contributed by atoms with Crippen LogP contribution in [0.25, 0.3) is 0 Å². The molecule has 2 unspecified atom stereocenters. The molecule has 2 aromatic rings. The van der Waals surface area contributed by atoms with Gasteiger partial charge in [0.2, 0.25) is 0 Å². The molecular formula is C29H36O4.